The fraction of sp³-hybridized carbons (Fsp3) is 0.692. The van der Waals surface area contributed by atoms with Crippen LogP contribution >= 0.6 is 11.5 Å². The van der Waals surface area contributed by atoms with Crippen molar-refractivity contribution in [2.45, 2.75) is 44.6 Å². The molecule has 2 fully saturated rings. The lowest BCUT2D eigenvalue weighted by Gasteiger charge is -2.21. The Morgan fingerprint density at radius 2 is 2.16 bits per heavy atom. The fourth-order valence-electron chi connectivity index (χ4n) is 2.65. The second-order valence-corrected chi connectivity index (χ2v) is 6.26. The van der Waals surface area contributed by atoms with Crippen LogP contribution in [-0.4, -0.2) is 34.3 Å². The number of nitrogens with two attached hydrogens (primary N) is 1. The molecule has 1 aliphatic carbocycles. The van der Waals surface area contributed by atoms with Crippen molar-refractivity contribution in [1.29, 1.82) is 0 Å². The van der Waals surface area contributed by atoms with Crippen molar-refractivity contribution in [3.63, 3.8) is 0 Å². The molecule has 1 unspecified atom stereocenters. The van der Waals surface area contributed by atoms with Gasteiger partial charge in [-0.25, -0.2) is 0 Å². The molecule has 0 aromatic carbocycles. The zero-order valence-corrected chi connectivity index (χ0v) is 12.0. The number of carbonyl (C=O) groups excluding carboxylic acids is 1. The minimum atomic E-state index is -0.199. The molecule has 6 heteroatoms. The minimum Gasteiger partial charge on any atom is -0.383 e. The first-order chi connectivity index (χ1) is 9.16. The van der Waals surface area contributed by atoms with Crippen molar-refractivity contribution in [3.8, 4) is 0 Å². The van der Waals surface area contributed by atoms with Crippen LogP contribution in [-0.2, 0) is 4.79 Å². The van der Waals surface area contributed by atoms with Gasteiger partial charge in [-0.05, 0) is 50.1 Å². The van der Waals surface area contributed by atoms with E-state index in [-0.39, 0.29) is 11.9 Å². The third kappa shape index (κ3) is 2.54. The topological polar surface area (TPSA) is 71.2 Å². The van der Waals surface area contributed by atoms with Crippen LogP contribution in [0.4, 0.5) is 10.8 Å². The Kier molecular flexibility index (Phi) is 3.35. The van der Waals surface area contributed by atoms with E-state index in [9.17, 15) is 4.79 Å². The van der Waals surface area contributed by atoms with E-state index >= 15 is 0 Å². The average molecular weight is 280 g/mol. The van der Waals surface area contributed by atoms with Gasteiger partial charge in [0.25, 0.3) is 0 Å². The van der Waals surface area contributed by atoms with Gasteiger partial charge < -0.3 is 16.0 Å². The van der Waals surface area contributed by atoms with Crippen LogP contribution in [0.5, 0.6) is 0 Å². The predicted octanol–water partition coefficient (Wildman–Crippen LogP) is 2.03. The summed E-state index contributed by atoms with van der Waals surface area (Å²) in [5.74, 6) is 1.37. The molecule has 1 saturated carbocycles. The van der Waals surface area contributed by atoms with E-state index in [2.05, 4.69) is 9.69 Å². The van der Waals surface area contributed by atoms with Crippen LogP contribution in [0, 0.1) is 0 Å². The Balaban J connectivity index is 1.68. The van der Waals surface area contributed by atoms with E-state index in [1.165, 1.54) is 24.4 Å². The first-order valence-corrected chi connectivity index (χ1v) is 7.74. The summed E-state index contributed by atoms with van der Waals surface area (Å²) >= 11 is 1.38. The molecule has 0 radical (unpaired) electrons. The Morgan fingerprint density at radius 3 is 2.79 bits per heavy atom. The summed E-state index contributed by atoms with van der Waals surface area (Å²) in [5, 5.41) is 4.30. The number of amides is 1. The number of nitrogens with one attached hydrogen (secondary N) is 1. The summed E-state index contributed by atoms with van der Waals surface area (Å²) in [6, 6.07) is -0.199. The highest BCUT2D eigenvalue weighted by atomic mass is 32.1. The molecule has 2 aliphatic rings. The molecule has 1 atom stereocenters. The van der Waals surface area contributed by atoms with E-state index in [1.807, 2.05) is 11.8 Å². The number of nitrogens with zero attached hydrogens (tertiary/aromatic N) is 2. The maximum atomic E-state index is 12.3. The molecule has 1 aromatic rings. The number of carbonyl (C=O) groups is 1. The van der Waals surface area contributed by atoms with Gasteiger partial charge in [0.15, 0.2) is 0 Å². The quantitative estimate of drug-likeness (QED) is 0.885. The van der Waals surface area contributed by atoms with E-state index in [1.54, 1.807) is 0 Å². The molecular formula is C13H20N4OS. The van der Waals surface area contributed by atoms with Gasteiger partial charge in [-0.3, -0.25) is 4.79 Å². The van der Waals surface area contributed by atoms with Gasteiger partial charge >= 0.3 is 0 Å². The number of rotatable bonds is 4. The highest BCUT2D eigenvalue weighted by Crippen LogP contribution is 2.47. The highest BCUT2D eigenvalue weighted by Gasteiger charge is 2.32. The summed E-state index contributed by atoms with van der Waals surface area (Å²) < 4.78 is 4.22. The number of hydrogen-bond acceptors (Lipinski definition) is 5. The second kappa shape index (κ2) is 5.00. The number of aromatic nitrogens is 1. The lowest BCUT2D eigenvalue weighted by molar-refractivity contribution is -0.130. The highest BCUT2D eigenvalue weighted by molar-refractivity contribution is 7.10. The zero-order chi connectivity index (χ0) is 13.4. The van der Waals surface area contributed by atoms with Crippen LogP contribution in [0.15, 0.2) is 0 Å². The molecule has 2 heterocycles. The molecule has 19 heavy (non-hydrogen) atoms. The Morgan fingerprint density at radius 1 is 1.47 bits per heavy atom. The maximum absolute atomic E-state index is 12.3. The monoisotopic (exact) mass is 280 g/mol. The molecule has 3 rings (SSSR count). The van der Waals surface area contributed by atoms with Crippen LogP contribution in [0.1, 0.15) is 44.1 Å². The summed E-state index contributed by atoms with van der Waals surface area (Å²) in [4.78, 5) is 14.2. The second-order valence-electron chi connectivity index (χ2n) is 5.48. The smallest absolute Gasteiger partial charge is 0.244 e. The standard InChI is InChI=1S/C13H20N4OS/c1-8(13(18)17-6-2-3-7-17)15-12-10(9-4-5-9)11(14)16-19-12/h8-9,15H,2-7H2,1H3,(H2,14,16). The molecule has 1 aromatic heterocycles. The molecule has 0 spiro atoms. The van der Waals surface area contributed by atoms with Crippen molar-refractivity contribution in [1.82, 2.24) is 9.27 Å². The fourth-order valence-corrected chi connectivity index (χ4v) is 3.54. The molecule has 5 nitrogen and oxygen atoms in total. The van der Waals surface area contributed by atoms with Gasteiger partial charge in [0, 0.05) is 18.7 Å². The molecule has 1 amide bonds. The first kappa shape index (κ1) is 12.7. The van der Waals surface area contributed by atoms with Crippen molar-refractivity contribution < 1.29 is 4.79 Å². The largest absolute Gasteiger partial charge is 0.383 e. The number of anilines is 2. The summed E-state index contributed by atoms with van der Waals surface area (Å²) in [6.45, 7) is 3.71. The van der Waals surface area contributed by atoms with Gasteiger partial charge in [0.05, 0.1) is 0 Å². The van der Waals surface area contributed by atoms with Crippen LogP contribution < -0.4 is 11.1 Å². The Hall–Kier alpha value is -1.30. The van der Waals surface area contributed by atoms with Crippen molar-refractivity contribution in [2.24, 2.45) is 0 Å². The zero-order valence-electron chi connectivity index (χ0n) is 11.2. The summed E-state index contributed by atoms with van der Waals surface area (Å²) in [5.41, 5.74) is 7.05. The van der Waals surface area contributed by atoms with Gasteiger partial charge in [0.1, 0.15) is 16.9 Å². The van der Waals surface area contributed by atoms with Gasteiger partial charge in [-0.1, -0.05) is 0 Å². The van der Waals surface area contributed by atoms with E-state index in [0.29, 0.717) is 11.7 Å². The SMILES string of the molecule is CC(Nc1snc(N)c1C1CC1)C(=O)N1CCCC1. The predicted molar refractivity (Wildman–Crippen MR) is 77.4 cm³/mol. The minimum absolute atomic E-state index is 0.186. The van der Waals surface area contributed by atoms with Gasteiger partial charge in [0.2, 0.25) is 5.91 Å². The molecule has 104 valence electrons. The Bertz CT molecular complexity index is 477. The molecular weight excluding hydrogens is 260 g/mol. The van der Waals surface area contributed by atoms with Crippen LogP contribution in [0.3, 0.4) is 0 Å². The number of nitrogen functional groups attached to an aromatic ring is 1. The van der Waals surface area contributed by atoms with Crippen LogP contribution in [0.25, 0.3) is 0 Å². The summed E-state index contributed by atoms with van der Waals surface area (Å²) in [7, 11) is 0. The lowest BCUT2D eigenvalue weighted by atomic mass is 10.2. The molecule has 1 saturated heterocycles. The van der Waals surface area contributed by atoms with Crippen LogP contribution in [0.2, 0.25) is 0 Å². The lowest BCUT2D eigenvalue weighted by Crippen LogP contribution is -2.39. The van der Waals surface area contributed by atoms with E-state index < -0.39 is 0 Å². The third-order valence-corrected chi connectivity index (χ3v) is 4.69. The molecule has 3 N–H and O–H groups in total. The molecule has 0 bridgehead atoms. The van der Waals surface area contributed by atoms with Gasteiger partial charge in [-0.2, -0.15) is 4.37 Å². The van der Waals surface area contributed by atoms with Gasteiger partial charge in [-0.15, -0.1) is 0 Å². The third-order valence-electron chi connectivity index (χ3n) is 3.88. The maximum Gasteiger partial charge on any atom is 0.244 e. The summed E-state index contributed by atoms with van der Waals surface area (Å²) in [6.07, 6.45) is 4.62. The van der Waals surface area contributed by atoms with Crippen molar-refractivity contribution in [2.75, 3.05) is 24.1 Å². The van der Waals surface area contributed by atoms with E-state index in [0.717, 1.165) is 36.5 Å². The van der Waals surface area contributed by atoms with Crippen molar-refractivity contribution >= 4 is 28.3 Å². The Labute approximate surface area is 117 Å². The number of hydrogen-bond donors (Lipinski definition) is 2. The number of likely N-dealkylation sites (tertiary alicyclic amines) is 1. The van der Waals surface area contributed by atoms with E-state index in [4.69, 9.17) is 5.73 Å². The van der Waals surface area contributed by atoms with Crippen molar-refractivity contribution in [3.05, 3.63) is 5.56 Å². The first-order valence-electron chi connectivity index (χ1n) is 6.97. The normalized spacial score (nSPS) is 20.6. The average Bonchev–Trinajstić information content (AvgIpc) is 2.95. The molecule has 1 aliphatic heterocycles.